The highest BCUT2D eigenvalue weighted by Crippen LogP contribution is 2.14. The largest absolute Gasteiger partial charge is 0.497 e. The Morgan fingerprint density at radius 1 is 1.35 bits per heavy atom. The van der Waals surface area contributed by atoms with Crippen LogP contribution in [0.1, 0.15) is 12.0 Å². The molecule has 0 aliphatic carbocycles. The van der Waals surface area contributed by atoms with Gasteiger partial charge in [-0.2, -0.15) is 5.26 Å². The van der Waals surface area contributed by atoms with Gasteiger partial charge in [-0.05, 0) is 30.2 Å². The number of methoxy groups -OCH3 is 1. The van der Waals surface area contributed by atoms with Crippen LogP contribution in [0.3, 0.4) is 0 Å². The number of hydrogen-bond donors (Lipinski definition) is 1. The topological polar surface area (TPSA) is 123 Å². The fourth-order valence-electron chi connectivity index (χ4n) is 2.39. The van der Waals surface area contributed by atoms with Gasteiger partial charge in [-0.25, -0.2) is 13.2 Å². The number of nitriles is 1. The first-order valence-corrected chi connectivity index (χ1v) is 9.58. The molecule has 0 aromatic heterocycles. The van der Waals surface area contributed by atoms with Crippen LogP contribution in [0.4, 0.5) is 0 Å². The first kappa shape index (κ1) is 19.5. The third kappa shape index (κ3) is 5.60. The maximum absolute atomic E-state index is 11.9. The van der Waals surface area contributed by atoms with Crippen LogP contribution in [0.5, 0.6) is 5.75 Å². The Morgan fingerprint density at radius 2 is 2.04 bits per heavy atom. The number of amides is 1. The van der Waals surface area contributed by atoms with Crippen LogP contribution >= 0.6 is 0 Å². The predicted molar refractivity (Wildman–Crippen MR) is 92.7 cm³/mol. The molecule has 1 N–H and O–H groups in total. The molecule has 1 heterocycles. The molecule has 1 atom stereocenters. The van der Waals surface area contributed by atoms with Crippen LogP contribution in [0.2, 0.25) is 0 Å². The highest BCUT2D eigenvalue weighted by Gasteiger charge is 2.29. The molecule has 1 aliphatic heterocycles. The number of nitrogens with zero attached hydrogens (tertiary/aromatic N) is 1. The van der Waals surface area contributed by atoms with Crippen molar-refractivity contribution >= 4 is 27.8 Å². The van der Waals surface area contributed by atoms with Gasteiger partial charge in [-0.15, -0.1) is 0 Å². The van der Waals surface area contributed by atoms with Crippen molar-refractivity contribution in [2.24, 2.45) is 0 Å². The molecular formula is C17H18N2O6S. The summed E-state index contributed by atoms with van der Waals surface area (Å²) in [6.07, 6.45) is 1.67. The minimum Gasteiger partial charge on any atom is -0.497 e. The SMILES string of the molecule is COc1ccc(/C=C(\C#N)C(=O)OCC(=O)N[C@H]2CCS(=O)(=O)C2)cc1. The van der Waals surface area contributed by atoms with E-state index >= 15 is 0 Å². The van der Waals surface area contributed by atoms with E-state index in [0.29, 0.717) is 17.7 Å². The Morgan fingerprint density at radius 3 is 2.58 bits per heavy atom. The van der Waals surface area contributed by atoms with E-state index in [1.165, 1.54) is 13.2 Å². The monoisotopic (exact) mass is 378 g/mol. The Kier molecular flexibility index (Phi) is 6.36. The molecule has 1 aliphatic rings. The highest BCUT2D eigenvalue weighted by molar-refractivity contribution is 7.91. The molecular weight excluding hydrogens is 360 g/mol. The van der Waals surface area contributed by atoms with E-state index in [2.05, 4.69) is 5.32 Å². The molecule has 1 aromatic rings. The molecule has 1 fully saturated rings. The van der Waals surface area contributed by atoms with Gasteiger partial charge in [0.25, 0.3) is 5.91 Å². The number of carbonyl (C=O) groups is 2. The average molecular weight is 378 g/mol. The Labute approximate surface area is 151 Å². The zero-order chi connectivity index (χ0) is 19.2. The number of benzene rings is 1. The molecule has 138 valence electrons. The summed E-state index contributed by atoms with van der Waals surface area (Å²) < 4.78 is 32.5. The highest BCUT2D eigenvalue weighted by atomic mass is 32.2. The molecule has 9 heteroatoms. The summed E-state index contributed by atoms with van der Waals surface area (Å²) in [6.45, 7) is -0.586. The molecule has 0 saturated carbocycles. The average Bonchev–Trinajstić information content (AvgIpc) is 2.96. The summed E-state index contributed by atoms with van der Waals surface area (Å²) in [4.78, 5) is 23.7. The Bertz CT molecular complexity index is 852. The lowest BCUT2D eigenvalue weighted by Gasteiger charge is -2.10. The summed E-state index contributed by atoms with van der Waals surface area (Å²) >= 11 is 0. The van der Waals surface area contributed by atoms with E-state index in [0.717, 1.165) is 0 Å². The summed E-state index contributed by atoms with van der Waals surface area (Å²) in [7, 11) is -1.59. The van der Waals surface area contributed by atoms with Crippen molar-refractivity contribution in [1.29, 1.82) is 5.26 Å². The normalized spacial score (nSPS) is 18.6. The van der Waals surface area contributed by atoms with Crippen molar-refractivity contribution in [2.45, 2.75) is 12.5 Å². The van der Waals surface area contributed by atoms with Crippen molar-refractivity contribution in [2.75, 3.05) is 25.2 Å². The predicted octanol–water partition coefficient (Wildman–Crippen LogP) is 0.449. The number of rotatable bonds is 6. The molecule has 26 heavy (non-hydrogen) atoms. The fourth-order valence-corrected chi connectivity index (χ4v) is 4.06. The third-order valence-electron chi connectivity index (χ3n) is 3.70. The van der Waals surface area contributed by atoms with Crippen molar-refractivity contribution in [3.63, 3.8) is 0 Å². The van der Waals surface area contributed by atoms with Crippen molar-refractivity contribution in [3.8, 4) is 11.8 Å². The molecule has 1 saturated heterocycles. The number of hydrogen-bond acceptors (Lipinski definition) is 7. The van der Waals surface area contributed by atoms with E-state index in [9.17, 15) is 18.0 Å². The minimum atomic E-state index is -3.11. The first-order valence-electron chi connectivity index (χ1n) is 7.76. The summed E-state index contributed by atoms with van der Waals surface area (Å²) in [5.74, 6) is -0.998. The number of carbonyl (C=O) groups excluding carboxylic acids is 2. The van der Waals surface area contributed by atoms with E-state index in [1.54, 1.807) is 30.3 Å². The lowest BCUT2D eigenvalue weighted by Crippen LogP contribution is -2.38. The fraction of sp³-hybridized carbons (Fsp3) is 0.353. The number of ether oxygens (including phenoxy) is 2. The van der Waals surface area contributed by atoms with Crippen LogP contribution in [-0.2, 0) is 24.2 Å². The van der Waals surface area contributed by atoms with Crippen molar-refractivity contribution in [3.05, 3.63) is 35.4 Å². The second kappa shape index (κ2) is 8.49. The molecule has 0 bridgehead atoms. The van der Waals surface area contributed by atoms with Crippen LogP contribution in [0.25, 0.3) is 6.08 Å². The molecule has 0 unspecified atom stereocenters. The van der Waals surface area contributed by atoms with E-state index < -0.39 is 34.4 Å². The smallest absolute Gasteiger partial charge is 0.349 e. The quantitative estimate of drug-likeness (QED) is 0.433. The zero-order valence-corrected chi connectivity index (χ0v) is 14.9. The van der Waals surface area contributed by atoms with E-state index in [-0.39, 0.29) is 17.1 Å². The summed E-state index contributed by atoms with van der Waals surface area (Å²) in [5.41, 5.74) is 0.339. The summed E-state index contributed by atoms with van der Waals surface area (Å²) in [6, 6.07) is 7.93. The van der Waals surface area contributed by atoms with Crippen molar-refractivity contribution < 1.29 is 27.5 Å². The third-order valence-corrected chi connectivity index (χ3v) is 5.47. The Balaban J connectivity index is 1.89. The van der Waals surface area contributed by atoms with Crippen LogP contribution in [0.15, 0.2) is 29.8 Å². The minimum absolute atomic E-state index is 0.0287. The van der Waals surface area contributed by atoms with Crippen LogP contribution < -0.4 is 10.1 Å². The number of esters is 1. The number of sulfone groups is 1. The van der Waals surface area contributed by atoms with Gasteiger partial charge in [0.2, 0.25) is 0 Å². The van der Waals surface area contributed by atoms with Crippen LogP contribution in [-0.4, -0.2) is 51.6 Å². The van der Waals surface area contributed by atoms with Gasteiger partial charge in [0.1, 0.15) is 17.4 Å². The summed E-state index contributed by atoms with van der Waals surface area (Å²) in [5, 5.41) is 11.6. The number of nitrogens with one attached hydrogen (secondary N) is 1. The molecule has 1 aromatic carbocycles. The van der Waals surface area contributed by atoms with Crippen molar-refractivity contribution in [1.82, 2.24) is 5.32 Å². The molecule has 8 nitrogen and oxygen atoms in total. The van der Waals surface area contributed by atoms with Gasteiger partial charge in [-0.1, -0.05) is 12.1 Å². The molecule has 0 spiro atoms. The molecule has 1 amide bonds. The molecule has 0 radical (unpaired) electrons. The lowest BCUT2D eigenvalue weighted by molar-refractivity contribution is -0.144. The maximum Gasteiger partial charge on any atom is 0.349 e. The van der Waals surface area contributed by atoms with Gasteiger partial charge in [0, 0.05) is 6.04 Å². The second-order valence-electron chi connectivity index (χ2n) is 5.69. The first-order chi connectivity index (χ1) is 12.3. The standard InChI is InChI=1S/C17H18N2O6S/c1-24-15-4-2-12(3-5-15)8-13(9-18)17(21)25-10-16(20)19-14-6-7-26(22,23)11-14/h2-5,8,14H,6-7,10-11H2,1H3,(H,19,20)/b13-8+/t14-/m0/s1. The van der Waals surface area contributed by atoms with Gasteiger partial charge in [0.05, 0.1) is 18.6 Å². The maximum atomic E-state index is 11.9. The van der Waals surface area contributed by atoms with Crippen LogP contribution in [0, 0.1) is 11.3 Å². The van der Waals surface area contributed by atoms with Gasteiger partial charge in [-0.3, -0.25) is 4.79 Å². The van der Waals surface area contributed by atoms with E-state index in [4.69, 9.17) is 14.7 Å². The van der Waals surface area contributed by atoms with Gasteiger partial charge >= 0.3 is 5.97 Å². The van der Waals surface area contributed by atoms with Gasteiger partial charge < -0.3 is 14.8 Å². The zero-order valence-electron chi connectivity index (χ0n) is 14.1. The Hall–Kier alpha value is -2.86. The van der Waals surface area contributed by atoms with E-state index in [1.807, 2.05) is 0 Å². The lowest BCUT2D eigenvalue weighted by atomic mass is 10.1. The molecule has 2 rings (SSSR count). The second-order valence-corrected chi connectivity index (χ2v) is 7.92. The van der Waals surface area contributed by atoms with Gasteiger partial charge in [0.15, 0.2) is 16.4 Å².